The number of carboxylic acids is 1. The van der Waals surface area contributed by atoms with Crippen LogP contribution < -0.4 is 5.32 Å². The Morgan fingerprint density at radius 1 is 1.11 bits per heavy atom. The highest BCUT2D eigenvalue weighted by molar-refractivity contribution is 6.04. The Balaban J connectivity index is 2.53. The normalized spacial score (nSPS) is 10.3. The van der Waals surface area contributed by atoms with Crippen LogP contribution in [0.25, 0.3) is 10.8 Å². The number of benzene rings is 2. The Morgan fingerprint density at radius 2 is 1.78 bits per heavy atom. The van der Waals surface area contributed by atoms with E-state index >= 15 is 0 Å². The van der Waals surface area contributed by atoms with Crippen molar-refractivity contribution >= 4 is 22.6 Å². The molecular weight excluding hydrogens is 230 g/mol. The van der Waals surface area contributed by atoms with E-state index in [4.69, 9.17) is 5.11 Å². The van der Waals surface area contributed by atoms with Crippen molar-refractivity contribution in [3.05, 3.63) is 47.5 Å². The van der Waals surface area contributed by atoms with Crippen molar-refractivity contribution in [2.24, 2.45) is 0 Å². The smallest absolute Gasteiger partial charge is 0.336 e. The summed E-state index contributed by atoms with van der Waals surface area (Å²) in [6.07, 6.45) is 0. The molecule has 92 valence electrons. The van der Waals surface area contributed by atoms with E-state index < -0.39 is 5.97 Å². The van der Waals surface area contributed by atoms with Crippen molar-refractivity contribution in [3.8, 4) is 0 Å². The number of carbonyl (C=O) groups excluding carboxylic acids is 1. The molecule has 0 aromatic heterocycles. The van der Waals surface area contributed by atoms with Gasteiger partial charge in [-0.3, -0.25) is 4.79 Å². The third-order valence-electron chi connectivity index (χ3n) is 2.77. The average molecular weight is 243 g/mol. The highest BCUT2D eigenvalue weighted by Crippen LogP contribution is 2.22. The van der Waals surface area contributed by atoms with E-state index in [0.717, 1.165) is 10.9 Å². The first-order valence-corrected chi connectivity index (χ1v) is 5.58. The quantitative estimate of drug-likeness (QED) is 0.868. The number of hydrogen-bond donors (Lipinski definition) is 2. The number of rotatable bonds is 3. The van der Waals surface area contributed by atoms with Crippen LogP contribution in [0.3, 0.4) is 0 Å². The Kier molecular flexibility index (Phi) is 3.28. The van der Waals surface area contributed by atoms with Crippen LogP contribution in [-0.2, 0) is 11.3 Å². The van der Waals surface area contributed by atoms with E-state index in [2.05, 4.69) is 5.32 Å². The van der Waals surface area contributed by atoms with Crippen LogP contribution in [-0.4, -0.2) is 17.0 Å². The van der Waals surface area contributed by atoms with E-state index in [1.54, 1.807) is 24.3 Å². The predicted octanol–water partition coefficient (Wildman–Crippen LogP) is 2.17. The summed E-state index contributed by atoms with van der Waals surface area (Å²) in [5.41, 5.74) is 1.18. The van der Waals surface area contributed by atoms with Crippen molar-refractivity contribution in [1.29, 1.82) is 0 Å². The highest BCUT2D eigenvalue weighted by Gasteiger charge is 2.09. The number of hydrogen-bond acceptors (Lipinski definition) is 2. The van der Waals surface area contributed by atoms with E-state index in [-0.39, 0.29) is 11.5 Å². The molecule has 0 heterocycles. The third-order valence-corrected chi connectivity index (χ3v) is 2.77. The second-order valence-corrected chi connectivity index (χ2v) is 4.03. The fourth-order valence-electron chi connectivity index (χ4n) is 1.94. The molecular formula is C14H13NO3. The maximum Gasteiger partial charge on any atom is 0.336 e. The molecule has 2 rings (SSSR count). The van der Waals surface area contributed by atoms with Crippen molar-refractivity contribution < 1.29 is 14.7 Å². The first-order chi connectivity index (χ1) is 8.59. The van der Waals surface area contributed by atoms with Gasteiger partial charge in [-0.1, -0.05) is 30.3 Å². The topological polar surface area (TPSA) is 66.4 Å². The maximum absolute atomic E-state index is 11.1. The molecule has 18 heavy (non-hydrogen) atoms. The van der Waals surface area contributed by atoms with Crippen LogP contribution in [0, 0.1) is 0 Å². The SMILES string of the molecule is CC(=O)NCc1cccc2c(C(=O)O)cccc12. The molecule has 0 aliphatic carbocycles. The largest absolute Gasteiger partial charge is 0.478 e. The highest BCUT2D eigenvalue weighted by atomic mass is 16.4. The number of carboxylic acid groups (broad SMARTS) is 1. The Bertz CT molecular complexity index is 619. The summed E-state index contributed by atoms with van der Waals surface area (Å²) in [5.74, 6) is -1.06. The van der Waals surface area contributed by atoms with Crippen LogP contribution in [0.1, 0.15) is 22.8 Å². The molecule has 0 unspecified atom stereocenters. The predicted molar refractivity (Wildman–Crippen MR) is 68.4 cm³/mol. The minimum absolute atomic E-state index is 0.110. The summed E-state index contributed by atoms with van der Waals surface area (Å²) in [5, 5.41) is 13.4. The number of nitrogens with one attached hydrogen (secondary N) is 1. The van der Waals surface area contributed by atoms with Gasteiger partial charge in [0, 0.05) is 13.5 Å². The van der Waals surface area contributed by atoms with Crippen LogP contribution >= 0.6 is 0 Å². The van der Waals surface area contributed by atoms with Crippen LogP contribution in [0.15, 0.2) is 36.4 Å². The first-order valence-electron chi connectivity index (χ1n) is 5.58. The van der Waals surface area contributed by atoms with Gasteiger partial charge < -0.3 is 10.4 Å². The molecule has 4 nitrogen and oxygen atoms in total. The van der Waals surface area contributed by atoms with Crippen molar-refractivity contribution in [3.63, 3.8) is 0 Å². The lowest BCUT2D eigenvalue weighted by Crippen LogP contribution is -2.19. The summed E-state index contributed by atoms with van der Waals surface area (Å²) in [6.45, 7) is 1.85. The molecule has 2 aromatic rings. The maximum atomic E-state index is 11.1. The molecule has 2 N–H and O–H groups in total. The third kappa shape index (κ3) is 2.32. The lowest BCUT2D eigenvalue weighted by molar-refractivity contribution is -0.119. The minimum atomic E-state index is -0.947. The summed E-state index contributed by atoms with van der Waals surface area (Å²) >= 11 is 0. The Labute approximate surface area is 104 Å². The molecule has 2 aromatic carbocycles. The molecule has 0 radical (unpaired) electrons. The van der Waals surface area contributed by atoms with Gasteiger partial charge in [0.05, 0.1) is 5.56 Å². The van der Waals surface area contributed by atoms with E-state index in [9.17, 15) is 9.59 Å². The lowest BCUT2D eigenvalue weighted by atomic mass is 10.00. The zero-order valence-electron chi connectivity index (χ0n) is 9.93. The van der Waals surface area contributed by atoms with Gasteiger partial charge in [0.1, 0.15) is 0 Å². The summed E-state index contributed by atoms with van der Waals surface area (Å²) in [4.78, 5) is 22.0. The van der Waals surface area contributed by atoms with E-state index in [1.165, 1.54) is 6.92 Å². The fraction of sp³-hybridized carbons (Fsp3) is 0.143. The molecule has 0 saturated heterocycles. The molecule has 0 fully saturated rings. The Morgan fingerprint density at radius 3 is 2.44 bits per heavy atom. The van der Waals surface area contributed by atoms with E-state index in [1.807, 2.05) is 12.1 Å². The molecule has 0 saturated carbocycles. The van der Waals surface area contributed by atoms with Crippen molar-refractivity contribution in [2.45, 2.75) is 13.5 Å². The van der Waals surface area contributed by atoms with E-state index in [0.29, 0.717) is 11.9 Å². The second kappa shape index (κ2) is 4.87. The molecule has 0 aliphatic rings. The number of aromatic carboxylic acids is 1. The molecule has 1 amide bonds. The number of fused-ring (bicyclic) bond motifs is 1. The van der Waals surface area contributed by atoms with Gasteiger partial charge in [-0.2, -0.15) is 0 Å². The molecule has 0 atom stereocenters. The first kappa shape index (κ1) is 12.1. The van der Waals surface area contributed by atoms with Gasteiger partial charge in [-0.15, -0.1) is 0 Å². The van der Waals surface area contributed by atoms with Crippen LogP contribution in [0.5, 0.6) is 0 Å². The van der Waals surface area contributed by atoms with Gasteiger partial charge in [0.25, 0.3) is 0 Å². The number of carbonyl (C=O) groups is 2. The zero-order chi connectivity index (χ0) is 13.1. The fourth-order valence-corrected chi connectivity index (χ4v) is 1.94. The molecule has 0 spiro atoms. The molecule has 0 aliphatic heterocycles. The van der Waals surface area contributed by atoms with Crippen LogP contribution in [0.4, 0.5) is 0 Å². The van der Waals surface area contributed by atoms with Gasteiger partial charge >= 0.3 is 5.97 Å². The summed E-state index contributed by atoms with van der Waals surface area (Å²) < 4.78 is 0. The average Bonchev–Trinajstić information content (AvgIpc) is 2.35. The lowest BCUT2D eigenvalue weighted by Gasteiger charge is -2.08. The second-order valence-electron chi connectivity index (χ2n) is 4.03. The van der Waals surface area contributed by atoms with Gasteiger partial charge in [-0.05, 0) is 22.4 Å². The number of amides is 1. The van der Waals surface area contributed by atoms with Gasteiger partial charge in [0.15, 0.2) is 0 Å². The zero-order valence-corrected chi connectivity index (χ0v) is 9.93. The molecule has 0 bridgehead atoms. The van der Waals surface area contributed by atoms with Gasteiger partial charge in [-0.25, -0.2) is 4.79 Å². The van der Waals surface area contributed by atoms with Crippen molar-refractivity contribution in [1.82, 2.24) is 5.32 Å². The minimum Gasteiger partial charge on any atom is -0.478 e. The monoisotopic (exact) mass is 243 g/mol. The standard InChI is InChI=1S/C14H13NO3/c1-9(16)15-8-10-4-2-6-12-11(10)5-3-7-13(12)14(17)18/h2-7H,8H2,1H3,(H,15,16)(H,17,18). The summed E-state index contributed by atoms with van der Waals surface area (Å²) in [7, 11) is 0. The molecule has 4 heteroatoms. The van der Waals surface area contributed by atoms with Gasteiger partial charge in [0.2, 0.25) is 5.91 Å². The Hall–Kier alpha value is -2.36. The summed E-state index contributed by atoms with van der Waals surface area (Å²) in [6, 6.07) is 10.6. The van der Waals surface area contributed by atoms with Crippen molar-refractivity contribution in [2.75, 3.05) is 0 Å². The van der Waals surface area contributed by atoms with Crippen LogP contribution in [0.2, 0.25) is 0 Å².